The molecule has 0 spiro atoms. The van der Waals surface area contributed by atoms with Crippen LogP contribution in [0.5, 0.6) is 0 Å². The summed E-state index contributed by atoms with van der Waals surface area (Å²) in [6.45, 7) is 0. The van der Waals surface area contributed by atoms with Crippen LogP contribution in [-0.2, 0) is 11.2 Å². The van der Waals surface area contributed by atoms with Gasteiger partial charge in [-0.2, -0.15) is 15.4 Å². The lowest BCUT2D eigenvalue weighted by Crippen LogP contribution is -2.15. The van der Waals surface area contributed by atoms with Crippen LogP contribution in [0.15, 0.2) is 36.4 Å². The average Bonchev–Trinajstić information content (AvgIpc) is 2.91. The number of rotatable bonds is 3. The van der Waals surface area contributed by atoms with E-state index in [1.165, 1.54) is 12.1 Å². The number of carbonyl (C=O) groups excluding carboxylic acids is 1. The van der Waals surface area contributed by atoms with Gasteiger partial charge >= 0.3 is 0 Å². The van der Waals surface area contributed by atoms with Crippen molar-refractivity contribution in [3.63, 3.8) is 0 Å². The van der Waals surface area contributed by atoms with Gasteiger partial charge < -0.3 is 5.32 Å². The van der Waals surface area contributed by atoms with Crippen LogP contribution in [0, 0.1) is 11.6 Å². The molecule has 5 nitrogen and oxygen atoms in total. The summed E-state index contributed by atoms with van der Waals surface area (Å²) in [6, 6.07) is 8.73. The fraction of sp³-hybridized carbons (Fsp3) is 0.0714. The molecule has 0 aliphatic heterocycles. The first-order chi connectivity index (χ1) is 10.1. The van der Waals surface area contributed by atoms with Crippen LogP contribution in [0.2, 0.25) is 0 Å². The third kappa shape index (κ3) is 2.71. The topological polar surface area (TPSA) is 70.7 Å². The molecule has 3 rings (SSSR count). The second-order valence-electron chi connectivity index (χ2n) is 4.46. The minimum atomic E-state index is -1.00. The standard InChI is InChI=1S/C14H10F2N4O/c15-10-3-1-2-8(14(10)16)6-13(21)17-9-4-5-11-12(7-9)19-20-18-11/h1-5,7H,6H2,(H,17,21)(H,18,19,20). The number of nitrogens with one attached hydrogen (secondary N) is 2. The molecular formula is C14H10F2N4O. The van der Waals surface area contributed by atoms with E-state index in [9.17, 15) is 13.6 Å². The average molecular weight is 288 g/mol. The first-order valence-corrected chi connectivity index (χ1v) is 6.17. The Kier molecular flexibility index (Phi) is 3.31. The maximum absolute atomic E-state index is 13.5. The quantitative estimate of drug-likeness (QED) is 0.777. The summed E-state index contributed by atoms with van der Waals surface area (Å²) in [7, 11) is 0. The largest absolute Gasteiger partial charge is 0.326 e. The van der Waals surface area contributed by atoms with Crippen LogP contribution >= 0.6 is 0 Å². The fourth-order valence-electron chi connectivity index (χ4n) is 1.98. The van der Waals surface area contributed by atoms with Crippen molar-refractivity contribution in [1.29, 1.82) is 0 Å². The Morgan fingerprint density at radius 3 is 2.81 bits per heavy atom. The molecule has 1 aromatic heterocycles. The van der Waals surface area contributed by atoms with Crippen molar-refractivity contribution < 1.29 is 13.6 Å². The third-order valence-corrected chi connectivity index (χ3v) is 2.98. The van der Waals surface area contributed by atoms with Crippen molar-refractivity contribution in [2.45, 2.75) is 6.42 Å². The molecule has 2 N–H and O–H groups in total. The van der Waals surface area contributed by atoms with Gasteiger partial charge in [0.1, 0.15) is 11.0 Å². The summed E-state index contributed by atoms with van der Waals surface area (Å²) in [5.74, 6) is -2.41. The van der Waals surface area contributed by atoms with Crippen LogP contribution in [0.25, 0.3) is 11.0 Å². The highest BCUT2D eigenvalue weighted by Gasteiger charge is 2.12. The molecule has 0 unspecified atom stereocenters. The monoisotopic (exact) mass is 288 g/mol. The predicted octanol–water partition coefficient (Wildman–Crippen LogP) is 2.42. The Morgan fingerprint density at radius 2 is 1.95 bits per heavy atom. The second-order valence-corrected chi connectivity index (χ2v) is 4.46. The number of H-pyrrole nitrogens is 1. The Morgan fingerprint density at radius 1 is 1.14 bits per heavy atom. The number of carbonyl (C=O) groups is 1. The van der Waals surface area contributed by atoms with Crippen molar-refractivity contribution in [2.75, 3.05) is 5.32 Å². The zero-order valence-corrected chi connectivity index (χ0v) is 10.7. The molecule has 106 valence electrons. The molecule has 0 saturated heterocycles. The first kappa shape index (κ1) is 13.2. The molecule has 1 heterocycles. The number of anilines is 1. The van der Waals surface area contributed by atoms with Gasteiger partial charge in [-0.1, -0.05) is 12.1 Å². The molecule has 2 aromatic carbocycles. The first-order valence-electron chi connectivity index (χ1n) is 6.17. The number of amides is 1. The van der Waals surface area contributed by atoms with Gasteiger partial charge in [0.25, 0.3) is 0 Å². The van der Waals surface area contributed by atoms with E-state index >= 15 is 0 Å². The second kappa shape index (κ2) is 5.28. The van der Waals surface area contributed by atoms with Crippen molar-refractivity contribution in [3.8, 4) is 0 Å². The lowest BCUT2D eigenvalue weighted by atomic mass is 10.1. The molecule has 0 fully saturated rings. The Labute approximate surface area is 118 Å². The number of hydrogen-bond acceptors (Lipinski definition) is 3. The molecule has 0 bridgehead atoms. The highest BCUT2D eigenvalue weighted by Crippen LogP contribution is 2.16. The van der Waals surface area contributed by atoms with E-state index in [4.69, 9.17) is 0 Å². The molecule has 21 heavy (non-hydrogen) atoms. The minimum Gasteiger partial charge on any atom is -0.326 e. The third-order valence-electron chi connectivity index (χ3n) is 2.98. The Hall–Kier alpha value is -2.83. The number of hydrogen-bond donors (Lipinski definition) is 2. The zero-order valence-electron chi connectivity index (χ0n) is 10.7. The Balaban J connectivity index is 1.75. The predicted molar refractivity (Wildman–Crippen MR) is 72.6 cm³/mol. The number of fused-ring (bicyclic) bond motifs is 1. The van der Waals surface area contributed by atoms with E-state index in [0.29, 0.717) is 16.7 Å². The van der Waals surface area contributed by atoms with E-state index in [-0.39, 0.29) is 12.0 Å². The van der Waals surface area contributed by atoms with E-state index in [0.717, 1.165) is 6.07 Å². The normalized spacial score (nSPS) is 10.8. The fourth-order valence-corrected chi connectivity index (χ4v) is 1.98. The van der Waals surface area contributed by atoms with Crippen molar-refractivity contribution in [3.05, 3.63) is 53.6 Å². The summed E-state index contributed by atoms with van der Waals surface area (Å²) in [4.78, 5) is 11.9. The highest BCUT2D eigenvalue weighted by atomic mass is 19.2. The SMILES string of the molecule is O=C(Cc1cccc(F)c1F)Nc1ccc2n[nH]nc2c1. The minimum absolute atomic E-state index is 0.00927. The van der Waals surface area contributed by atoms with Crippen molar-refractivity contribution in [2.24, 2.45) is 0 Å². The summed E-state index contributed by atoms with van der Waals surface area (Å²) in [6.07, 6.45) is -0.250. The lowest BCUT2D eigenvalue weighted by Gasteiger charge is -2.06. The number of nitrogens with zero attached hydrogens (tertiary/aromatic N) is 2. The smallest absolute Gasteiger partial charge is 0.228 e. The van der Waals surface area contributed by atoms with Crippen LogP contribution in [0.4, 0.5) is 14.5 Å². The Bertz CT molecular complexity index is 816. The number of aromatic amines is 1. The van der Waals surface area contributed by atoms with Gasteiger partial charge in [0.05, 0.1) is 6.42 Å². The molecule has 3 aromatic rings. The highest BCUT2D eigenvalue weighted by molar-refractivity contribution is 5.94. The van der Waals surface area contributed by atoms with Crippen molar-refractivity contribution >= 4 is 22.6 Å². The van der Waals surface area contributed by atoms with E-state index in [1.807, 2.05) is 0 Å². The number of benzene rings is 2. The van der Waals surface area contributed by atoms with Crippen LogP contribution in [0.3, 0.4) is 0 Å². The molecule has 0 aliphatic rings. The number of halogens is 2. The zero-order chi connectivity index (χ0) is 14.8. The maximum Gasteiger partial charge on any atom is 0.228 e. The summed E-state index contributed by atoms with van der Waals surface area (Å²) in [5.41, 5.74) is 1.79. The molecule has 0 radical (unpaired) electrons. The van der Waals surface area contributed by atoms with Gasteiger partial charge in [0, 0.05) is 11.3 Å². The molecule has 0 saturated carbocycles. The molecule has 0 atom stereocenters. The van der Waals surface area contributed by atoms with Gasteiger partial charge in [-0.15, -0.1) is 0 Å². The molecule has 7 heteroatoms. The van der Waals surface area contributed by atoms with Gasteiger partial charge in [0.15, 0.2) is 11.6 Å². The summed E-state index contributed by atoms with van der Waals surface area (Å²) < 4.78 is 26.6. The number of aromatic nitrogens is 3. The van der Waals surface area contributed by atoms with Gasteiger partial charge in [-0.05, 0) is 24.3 Å². The molecular weight excluding hydrogens is 278 g/mol. The van der Waals surface area contributed by atoms with E-state index in [1.54, 1.807) is 18.2 Å². The van der Waals surface area contributed by atoms with Gasteiger partial charge in [0.2, 0.25) is 5.91 Å². The summed E-state index contributed by atoms with van der Waals surface area (Å²) in [5, 5.41) is 12.9. The van der Waals surface area contributed by atoms with Gasteiger partial charge in [-0.3, -0.25) is 4.79 Å². The van der Waals surface area contributed by atoms with Crippen molar-refractivity contribution in [1.82, 2.24) is 15.4 Å². The van der Waals surface area contributed by atoms with Crippen LogP contribution < -0.4 is 5.32 Å². The van der Waals surface area contributed by atoms with Crippen LogP contribution in [-0.4, -0.2) is 21.3 Å². The van der Waals surface area contributed by atoms with E-state index < -0.39 is 17.5 Å². The maximum atomic E-state index is 13.5. The molecule has 0 aliphatic carbocycles. The van der Waals surface area contributed by atoms with E-state index in [2.05, 4.69) is 20.7 Å². The summed E-state index contributed by atoms with van der Waals surface area (Å²) >= 11 is 0. The molecule has 1 amide bonds. The van der Waals surface area contributed by atoms with Crippen LogP contribution in [0.1, 0.15) is 5.56 Å². The van der Waals surface area contributed by atoms with Gasteiger partial charge in [-0.25, -0.2) is 8.78 Å². The lowest BCUT2D eigenvalue weighted by molar-refractivity contribution is -0.115.